The van der Waals surface area contributed by atoms with E-state index >= 15 is 0 Å². The summed E-state index contributed by atoms with van der Waals surface area (Å²) in [4.78, 5) is 33.2. The second-order valence-corrected chi connectivity index (χ2v) is 9.62. The van der Waals surface area contributed by atoms with E-state index in [0.717, 1.165) is 35.0 Å². The van der Waals surface area contributed by atoms with Crippen molar-refractivity contribution in [3.05, 3.63) is 50.8 Å². The number of nitrogens with zero attached hydrogens (tertiary/aromatic N) is 3. The molecule has 1 aromatic carbocycles. The molecule has 3 aromatic rings. The van der Waals surface area contributed by atoms with Crippen molar-refractivity contribution in [3.63, 3.8) is 0 Å². The number of aliphatic hydroxyl groups is 1. The number of fused-ring (bicyclic) bond motifs is 6. The Balaban J connectivity index is 1.58. The van der Waals surface area contributed by atoms with Gasteiger partial charge in [-0.25, -0.2) is 9.78 Å². The van der Waals surface area contributed by atoms with Crippen LogP contribution in [0.1, 0.15) is 42.0 Å². The highest BCUT2D eigenvalue weighted by molar-refractivity contribution is 5.91. The van der Waals surface area contributed by atoms with Crippen LogP contribution in [0.2, 0.25) is 0 Å². The summed E-state index contributed by atoms with van der Waals surface area (Å²) in [6.45, 7) is 4.09. The molecule has 0 saturated heterocycles. The van der Waals surface area contributed by atoms with Gasteiger partial charge >= 0.3 is 5.97 Å². The van der Waals surface area contributed by atoms with Gasteiger partial charge in [-0.15, -0.1) is 0 Å². The van der Waals surface area contributed by atoms with E-state index in [-0.39, 0.29) is 25.4 Å². The molecule has 1 atom stereocenters. The standard InChI is InChI=1S/C26H28N4O6/c1-3-26(33)18-8-20-23-16(11-30(20)24(31)17(18)12-34-25(26)32)15(10-29(2)6-4-5-27)14-7-21-22(36-13-35-21)9-19(14)28-23/h7-9,33H,3-6,10-13,27H2,1-2H3/t26-/m0/s1. The van der Waals surface area contributed by atoms with Gasteiger partial charge in [-0.1, -0.05) is 6.92 Å². The average molecular weight is 493 g/mol. The summed E-state index contributed by atoms with van der Waals surface area (Å²) in [5.74, 6) is 0.560. The number of nitrogens with two attached hydrogens (primary N) is 1. The second-order valence-electron chi connectivity index (χ2n) is 9.62. The van der Waals surface area contributed by atoms with Crippen molar-refractivity contribution in [2.45, 2.75) is 45.1 Å². The van der Waals surface area contributed by atoms with Gasteiger partial charge in [0.1, 0.15) is 6.61 Å². The zero-order valence-electron chi connectivity index (χ0n) is 20.3. The molecule has 0 unspecified atom stereocenters. The van der Waals surface area contributed by atoms with E-state index in [1.54, 1.807) is 17.6 Å². The maximum atomic E-state index is 13.6. The van der Waals surface area contributed by atoms with Gasteiger partial charge in [-0.3, -0.25) is 4.79 Å². The van der Waals surface area contributed by atoms with Crippen LogP contribution >= 0.6 is 0 Å². The van der Waals surface area contributed by atoms with E-state index < -0.39 is 11.6 Å². The Morgan fingerprint density at radius 3 is 2.69 bits per heavy atom. The van der Waals surface area contributed by atoms with Crippen molar-refractivity contribution in [2.24, 2.45) is 5.73 Å². The number of pyridine rings is 2. The smallest absolute Gasteiger partial charge is 0.343 e. The van der Waals surface area contributed by atoms with E-state index in [2.05, 4.69) is 4.90 Å². The van der Waals surface area contributed by atoms with Gasteiger partial charge in [-0.2, -0.15) is 0 Å². The van der Waals surface area contributed by atoms with Crippen LogP contribution in [0, 0.1) is 0 Å². The summed E-state index contributed by atoms with van der Waals surface area (Å²) in [6.07, 6.45) is 0.963. The minimum absolute atomic E-state index is 0.0976. The second kappa shape index (κ2) is 8.29. The molecule has 3 aliphatic heterocycles. The number of carbonyl (C=O) groups is 1. The van der Waals surface area contributed by atoms with Crippen molar-refractivity contribution in [1.29, 1.82) is 0 Å². The maximum Gasteiger partial charge on any atom is 0.343 e. The van der Waals surface area contributed by atoms with Gasteiger partial charge in [-0.05, 0) is 50.7 Å². The molecule has 5 heterocycles. The molecule has 0 fully saturated rings. The molecule has 0 aliphatic carbocycles. The predicted molar refractivity (Wildman–Crippen MR) is 131 cm³/mol. The SMILES string of the molecule is CC[C@@]1(O)C(=O)OCc2c1cc1n(c2=O)Cc2c-1nc1cc3c(cc1c2CN(C)CCCN)OCO3. The van der Waals surface area contributed by atoms with E-state index in [4.69, 9.17) is 24.9 Å². The van der Waals surface area contributed by atoms with Crippen molar-refractivity contribution >= 4 is 16.9 Å². The third kappa shape index (κ3) is 3.25. The molecule has 3 aliphatic rings. The first kappa shape index (κ1) is 23.0. The number of carbonyl (C=O) groups excluding carboxylic acids is 1. The Morgan fingerprint density at radius 2 is 1.94 bits per heavy atom. The third-order valence-corrected chi connectivity index (χ3v) is 7.47. The zero-order chi connectivity index (χ0) is 25.2. The summed E-state index contributed by atoms with van der Waals surface area (Å²) in [6, 6.07) is 5.55. The molecule has 6 rings (SSSR count). The lowest BCUT2D eigenvalue weighted by Gasteiger charge is -2.31. The number of rotatable bonds is 6. The highest BCUT2D eigenvalue weighted by atomic mass is 16.7. The largest absolute Gasteiger partial charge is 0.458 e. The number of benzene rings is 1. The fourth-order valence-electron chi connectivity index (χ4n) is 5.44. The number of hydrogen-bond acceptors (Lipinski definition) is 9. The molecule has 2 aromatic heterocycles. The molecule has 0 amide bonds. The summed E-state index contributed by atoms with van der Waals surface area (Å²) in [5.41, 5.74) is 8.17. The predicted octanol–water partition coefficient (Wildman–Crippen LogP) is 1.59. The van der Waals surface area contributed by atoms with Crippen LogP contribution in [0.4, 0.5) is 0 Å². The van der Waals surface area contributed by atoms with Crippen LogP contribution in [-0.4, -0.2) is 52.5 Å². The molecular formula is C26H28N4O6. The first-order valence-corrected chi connectivity index (χ1v) is 12.2. The third-order valence-electron chi connectivity index (χ3n) is 7.47. The fraction of sp³-hybridized carbons (Fsp3) is 0.423. The van der Waals surface area contributed by atoms with Crippen molar-refractivity contribution in [3.8, 4) is 22.9 Å². The van der Waals surface area contributed by atoms with E-state index in [1.165, 1.54) is 0 Å². The van der Waals surface area contributed by atoms with Crippen molar-refractivity contribution in [1.82, 2.24) is 14.5 Å². The van der Waals surface area contributed by atoms with Crippen LogP contribution in [0.25, 0.3) is 22.3 Å². The Morgan fingerprint density at radius 1 is 1.17 bits per heavy atom. The molecule has 10 nitrogen and oxygen atoms in total. The van der Waals surface area contributed by atoms with Crippen LogP contribution < -0.4 is 20.8 Å². The average Bonchev–Trinajstić information content (AvgIpc) is 3.48. The molecule has 188 valence electrons. The molecule has 0 bridgehead atoms. The molecule has 0 radical (unpaired) electrons. The van der Waals surface area contributed by atoms with Gasteiger partial charge in [0.25, 0.3) is 5.56 Å². The lowest BCUT2D eigenvalue weighted by Crippen LogP contribution is -2.44. The minimum atomic E-state index is -1.86. The Bertz CT molecular complexity index is 1480. The number of esters is 1. The van der Waals surface area contributed by atoms with E-state index in [0.29, 0.717) is 53.6 Å². The Kier molecular flexibility index (Phi) is 5.29. The minimum Gasteiger partial charge on any atom is -0.458 e. The first-order valence-electron chi connectivity index (χ1n) is 12.2. The normalized spacial score (nSPS) is 19.4. The van der Waals surface area contributed by atoms with E-state index in [9.17, 15) is 14.7 Å². The summed E-state index contributed by atoms with van der Waals surface area (Å²) >= 11 is 0. The van der Waals surface area contributed by atoms with Crippen LogP contribution in [0.3, 0.4) is 0 Å². The van der Waals surface area contributed by atoms with Gasteiger partial charge in [0.2, 0.25) is 6.79 Å². The van der Waals surface area contributed by atoms with Crippen molar-refractivity contribution in [2.75, 3.05) is 26.9 Å². The van der Waals surface area contributed by atoms with Gasteiger partial charge in [0.05, 0.1) is 29.0 Å². The molecular weight excluding hydrogens is 464 g/mol. The van der Waals surface area contributed by atoms with Crippen molar-refractivity contribution < 1.29 is 24.1 Å². The Hall–Kier alpha value is -3.47. The zero-order valence-corrected chi connectivity index (χ0v) is 20.3. The highest BCUT2D eigenvalue weighted by Crippen LogP contribution is 2.43. The molecule has 0 saturated carbocycles. The lowest BCUT2D eigenvalue weighted by molar-refractivity contribution is -0.172. The lowest BCUT2D eigenvalue weighted by atomic mass is 9.86. The quantitative estimate of drug-likeness (QED) is 0.386. The molecule has 10 heteroatoms. The highest BCUT2D eigenvalue weighted by Gasteiger charge is 2.45. The molecule has 0 spiro atoms. The molecule has 3 N–H and O–H groups in total. The number of ether oxygens (including phenoxy) is 3. The summed E-state index contributed by atoms with van der Waals surface area (Å²) in [7, 11) is 2.04. The fourth-order valence-corrected chi connectivity index (χ4v) is 5.44. The number of cyclic esters (lactones) is 1. The van der Waals surface area contributed by atoms with Crippen LogP contribution in [0.5, 0.6) is 11.5 Å². The van der Waals surface area contributed by atoms with Crippen LogP contribution in [0.15, 0.2) is 23.0 Å². The monoisotopic (exact) mass is 492 g/mol. The van der Waals surface area contributed by atoms with Gasteiger partial charge in [0, 0.05) is 29.1 Å². The number of hydrogen-bond donors (Lipinski definition) is 2. The van der Waals surface area contributed by atoms with Gasteiger partial charge < -0.3 is 34.5 Å². The first-order chi connectivity index (χ1) is 17.4. The van der Waals surface area contributed by atoms with E-state index in [1.807, 2.05) is 19.2 Å². The molecule has 36 heavy (non-hydrogen) atoms. The number of aromatic nitrogens is 2. The summed E-state index contributed by atoms with van der Waals surface area (Å²) < 4.78 is 18.1. The van der Waals surface area contributed by atoms with Crippen LogP contribution in [-0.2, 0) is 34.8 Å². The van der Waals surface area contributed by atoms with Gasteiger partial charge in [0.15, 0.2) is 17.1 Å². The maximum absolute atomic E-state index is 13.6. The Labute approximate surface area is 207 Å². The summed E-state index contributed by atoms with van der Waals surface area (Å²) in [5, 5.41) is 12.1. The topological polar surface area (TPSA) is 129 Å².